The summed E-state index contributed by atoms with van der Waals surface area (Å²) in [4.78, 5) is 14.2. The van der Waals surface area contributed by atoms with Gasteiger partial charge in [0.2, 0.25) is 0 Å². The van der Waals surface area contributed by atoms with Gasteiger partial charge in [-0.1, -0.05) is 57.2 Å². The summed E-state index contributed by atoms with van der Waals surface area (Å²) >= 11 is 0. The van der Waals surface area contributed by atoms with Crippen molar-refractivity contribution in [3.63, 3.8) is 0 Å². The Kier molecular flexibility index (Phi) is 10.3. The molecule has 156 valence electrons. The Labute approximate surface area is 169 Å². The molecule has 1 fully saturated rings. The average Bonchev–Trinajstić information content (AvgIpc) is 2.67. The van der Waals surface area contributed by atoms with Gasteiger partial charge in [0, 0.05) is 18.8 Å². The molecule has 0 aliphatic carbocycles. The minimum Gasteiger partial charge on any atom is -0.480 e. The van der Waals surface area contributed by atoms with Crippen LogP contribution in [-0.2, 0) is 4.79 Å². The van der Waals surface area contributed by atoms with E-state index in [1.54, 1.807) is 6.08 Å². The Morgan fingerprint density at radius 1 is 1.29 bits per heavy atom. The van der Waals surface area contributed by atoms with Gasteiger partial charge in [0.25, 0.3) is 0 Å². The molecule has 1 unspecified atom stereocenters. The zero-order valence-corrected chi connectivity index (χ0v) is 17.0. The van der Waals surface area contributed by atoms with Crippen molar-refractivity contribution in [3.8, 4) is 0 Å². The van der Waals surface area contributed by atoms with E-state index in [0.717, 1.165) is 30.8 Å². The minimum atomic E-state index is -1.35. The number of carboxylic acids is 1. The van der Waals surface area contributed by atoms with Gasteiger partial charge in [0.15, 0.2) is 0 Å². The molecule has 0 bridgehead atoms. The van der Waals surface area contributed by atoms with Crippen molar-refractivity contribution in [1.29, 1.82) is 0 Å². The predicted molar refractivity (Wildman–Crippen MR) is 115 cm³/mol. The van der Waals surface area contributed by atoms with Gasteiger partial charge in [-0.15, -0.1) is 0 Å². The molecule has 0 spiro atoms. The van der Waals surface area contributed by atoms with Crippen molar-refractivity contribution in [2.75, 3.05) is 13.1 Å². The molecule has 1 aliphatic rings. The molecule has 1 rings (SSSR count). The van der Waals surface area contributed by atoms with Crippen molar-refractivity contribution in [2.24, 2.45) is 11.7 Å². The highest BCUT2D eigenvalue weighted by Crippen LogP contribution is 2.33. The van der Waals surface area contributed by atoms with Gasteiger partial charge in [0.1, 0.15) is 5.54 Å². The maximum absolute atomic E-state index is 11.9. The van der Waals surface area contributed by atoms with Crippen LogP contribution < -0.4 is 5.73 Å². The second-order valence-corrected chi connectivity index (χ2v) is 7.39. The van der Waals surface area contributed by atoms with Crippen LogP contribution in [0.3, 0.4) is 0 Å². The van der Waals surface area contributed by atoms with Crippen LogP contribution in [0.25, 0.3) is 0 Å². The van der Waals surface area contributed by atoms with Crippen molar-refractivity contribution in [2.45, 2.75) is 57.3 Å². The standard InChI is InChI=1S/C21H35BN2O4/c1-4-9-17(6-3)19(10-5-2)24-15-11-18(12-16-24)21(23,20(25)26)13-7-8-14-22(27)28/h4,6,9-10,18,27-28H,1,3,5,7-8,11-16,23H2,2H3,(H,25,26)/b17-9+,19-10-. The highest BCUT2D eigenvalue weighted by Gasteiger charge is 2.43. The van der Waals surface area contributed by atoms with Crippen molar-refractivity contribution >= 4 is 13.1 Å². The summed E-state index contributed by atoms with van der Waals surface area (Å²) in [5.74, 6) is -1.09. The fourth-order valence-corrected chi connectivity index (χ4v) is 3.87. The highest BCUT2D eigenvalue weighted by molar-refractivity contribution is 6.40. The molecule has 5 N–H and O–H groups in total. The van der Waals surface area contributed by atoms with Gasteiger partial charge in [-0.25, -0.2) is 0 Å². The molecule has 28 heavy (non-hydrogen) atoms. The number of likely N-dealkylation sites (tertiary alicyclic amines) is 1. The van der Waals surface area contributed by atoms with Crippen LogP contribution in [0.4, 0.5) is 0 Å². The largest absolute Gasteiger partial charge is 0.480 e. The summed E-state index contributed by atoms with van der Waals surface area (Å²) in [5, 5.41) is 27.7. The van der Waals surface area contributed by atoms with Gasteiger partial charge in [-0.05, 0) is 43.5 Å². The number of nitrogens with zero attached hydrogens (tertiary/aromatic N) is 1. The highest BCUT2D eigenvalue weighted by atomic mass is 16.4. The van der Waals surface area contributed by atoms with Gasteiger partial charge < -0.3 is 25.8 Å². The Balaban J connectivity index is 2.81. The maximum atomic E-state index is 11.9. The molecule has 0 aromatic rings. The summed E-state index contributed by atoms with van der Waals surface area (Å²) < 4.78 is 0. The lowest BCUT2D eigenvalue weighted by molar-refractivity contribution is -0.146. The maximum Gasteiger partial charge on any atom is 0.451 e. The Morgan fingerprint density at radius 2 is 1.93 bits per heavy atom. The monoisotopic (exact) mass is 390 g/mol. The number of unbranched alkanes of at least 4 members (excludes halogenated alkanes) is 1. The number of rotatable bonds is 12. The number of piperidine rings is 1. The van der Waals surface area contributed by atoms with Gasteiger partial charge in [-0.2, -0.15) is 0 Å². The Morgan fingerprint density at radius 3 is 2.39 bits per heavy atom. The minimum absolute atomic E-state index is 0.112. The van der Waals surface area contributed by atoms with E-state index in [2.05, 4.69) is 31.1 Å². The number of carbonyl (C=O) groups is 1. The first-order valence-corrected chi connectivity index (χ1v) is 10.1. The van der Waals surface area contributed by atoms with Crippen molar-refractivity contribution in [1.82, 2.24) is 4.90 Å². The number of hydrogen-bond acceptors (Lipinski definition) is 5. The normalized spacial score (nSPS) is 18.5. The van der Waals surface area contributed by atoms with Gasteiger partial charge in [0.05, 0.1) is 0 Å². The number of aliphatic carboxylic acids is 1. The molecule has 6 nitrogen and oxygen atoms in total. The number of allylic oxidation sites excluding steroid dienone is 4. The van der Waals surface area contributed by atoms with E-state index >= 15 is 0 Å². The Bertz CT molecular complexity index is 595. The lowest BCUT2D eigenvalue weighted by atomic mass is 9.74. The van der Waals surface area contributed by atoms with Crippen LogP contribution in [-0.4, -0.2) is 51.8 Å². The molecular weight excluding hydrogens is 355 g/mol. The lowest BCUT2D eigenvalue weighted by Gasteiger charge is -2.42. The molecule has 0 saturated carbocycles. The number of hydrogen-bond donors (Lipinski definition) is 4. The topological polar surface area (TPSA) is 107 Å². The molecular formula is C21H35BN2O4. The van der Waals surface area contributed by atoms with Crippen LogP contribution in [0.15, 0.2) is 48.7 Å². The van der Waals surface area contributed by atoms with E-state index in [4.69, 9.17) is 15.8 Å². The third-order valence-electron chi connectivity index (χ3n) is 5.48. The lowest BCUT2D eigenvalue weighted by Crippen LogP contribution is -2.56. The molecule has 0 aromatic heterocycles. The van der Waals surface area contributed by atoms with Crippen LogP contribution in [0, 0.1) is 5.92 Å². The molecule has 7 heteroatoms. The van der Waals surface area contributed by atoms with Crippen LogP contribution in [0.5, 0.6) is 0 Å². The first-order valence-electron chi connectivity index (χ1n) is 10.1. The average molecular weight is 390 g/mol. The van der Waals surface area contributed by atoms with Crippen LogP contribution in [0.2, 0.25) is 6.32 Å². The van der Waals surface area contributed by atoms with Crippen LogP contribution >= 0.6 is 0 Å². The summed E-state index contributed by atoms with van der Waals surface area (Å²) in [6, 6.07) is 0. The third-order valence-corrected chi connectivity index (χ3v) is 5.48. The summed E-state index contributed by atoms with van der Waals surface area (Å²) in [5.41, 5.74) is 7.18. The molecule has 0 amide bonds. The number of carboxylic acid groups (broad SMARTS) is 1. The molecule has 0 aromatic carbocycles. The van der Waals surface area contributed by atoms with Crippen molar-refractivity contribution in [3.05, 3.63) is 48.7 Å². The fraction of sp³-hybridized carbons (Fsp3) is 0.571. The SMILES string of the molecule is C=C/C=C(C=C)/C(=C/CC)N1CCC(C(N)(CCCCB(O)O)C(=O)O)CC1. The van der Waals surface area contributed by atoms with Gasteiger partial charge >= 0.3 is 13.1 Å². The molecule has 1 aliphatic heterocycles. The quantitative estimate of drug-likeness (QED) is 0.232. The third kappa shape index (κ3) is 6.65. The smallest absolute Gasteiger partial charge is 0.451 e. The Hall–Kier alpha value is -1.83. The number of nitrogens with two attached hydrogens (primary N) is 1. The van der Waals surface area contributed by atoms with E-state index in [-0.39, 0.29) is 12.2 Å². The van der Waals surface area contributed by atoms with Gasteiger partial charge in [-0.3, -0.25) is 4.79 Å². The molecule has 0 radical (unpaired) electrons. The van der Waals surface area contributed by atoms with E-state index in [1.165, 1.54) is 0 Å². The van der Waals surface area contributed by atoms with E-state index in [9.17, 15) is 9.90 Å². The second-order valence-electron chi connectivity index (χ2n) is 7.39. The van der Waals surface area contributed by atoms with Crippen molar-refractivity contribution < 1.29 is 19.9 Å². The molecule has 1 atom stereocenters. The van der Waals surface area contributed by atoms with E-state index in [0.29, 0.717) is 32.1 Å². The zero-order chi connectivity index (χ0) is 21.2. The van der Waals surface area contributed by atoms with Crippen LogP contribution in [0.1, 0.15) is 45.4 Å². The summed E-state index contributed by atoms with van der Waals surface area (Å²) in [6.07, 6.45) is 11.6. The summed E-state index contributed by atoms with van der Waals surface area (Å²) in [6.45, 7) is 11.2. The van der Waals surface area contributed by atoms with E-state index in [1.807, 2.05) is 12.2 Å². The fourth-order valence-electron chi connectivity index (χ4n) is 3.87. The zero-order valence-electron chi connectivity index (χ0n) is 17.0. The predicted octanol–water partition coefficient (Wildman–Crippen LogP) is 2.72. The first kappa shape index (κ1) is 24.2. The molecule has 1 heterocycles. The molecule has 1 saturated heterocycles. The second kappa shape index (κ2) is 11.9. The first-order chi connectivity index (χ1) is 13.3. The summed E-state index contributed by atoms with van der Waals surface area (Å²) in [7, 11) is -1.35. The van der Waals surface area contributed by atoms with E-state index < -0.39 is 18.6 Å².